The largest absolute Gasteiger partial charge is 0.468 e. The Bertz CT molecular complexity index is 420. The molecule has 5 heteroatoms. The summed E-state index contributed by atoms with van der Waals surface area (Å²) in [5, 5.41) is 11.6. The van der Waals surface area contributed by atoms with Crippen LogP contribution in [0.25, 0.3) is 0 Å². The molecule has 1 aromatic heterocycles. The lowest BCUT2D eigenvalue weighted by Gasteiger charge is -2.32. The van der Waals surface area contributed by atoms with Gasteiger partial charge in [-0.15, -0.1) is 11.3 Å². The van der Waals surface area contributed by atoms with E-state index >= 15 is 0 Å². The lowest BCUT2D eigenvalue weighted by Crippen LogP contribution is -2.47. The number of hydrogen-bond donors (Lipinski definition) is 1. The molecule has 100 valence electrons. The van der Waals surface area contributed by atoms with Crippen molar-refractivity contribution in [1.29, 1.82) is 0 Å². The minimum absolute atomic E-state index is 0.0674. The van der Waals surface area contributed by atoms with Crippen LogP contribution in [0.4, 0.5) is 0 Å². The first kappa shape index (κ1) is 13.5. The number of likely N-dealkylation sites (N-methyl/N-ethyl adjacent to an activating group) is 1. The van der Waals surface area contributed by atoms with Gasteiger partial charge in [0.25, 0.3) is 0 Å². The van der Waals surface area contributed by atoms with Crippen molar-refractivity contribution >= 4 is 17.3 Å². The van der Waals surface area contributed by atoms with Crippen molar-refractivity contribution in [2.45, 2.75) is 24.9 Å². The zero-order valence-corrected chi connectivity index (χ0v) is 11.7. The molecule has 0 aromatic carbocycles. The first-order valence-corrected chi connectivity index (χ1v) is 6.88. The summed E-state index contributed by atoms with van der Waals surface area (Å²) in [5.41, 5.74) is -0.656. The molecule has 0 unspecified atom stereocenters. The standard InChI is InChI=1S/C13H19NO3S/c1-13(12(16)17-3)7-9(8-15)11(14(13)2)10-5-4-6-18-10/h4-6,9,11,15H,7-8H2,1-3H3/t9-,11-,13-/m0/s1. The molecule has 4 nitrogen and oxygen atoms in total. The minimum Gasteiger partial charge on any atom is -0.468 e. The number of esters is 1. The van der Waals surface area contributed by atoms with Gasteiger partial charge in [0.15, 0.2) is 0 Å². The fourth-order valence-corrected chi connectivity index (χ4v) is 3.85. The molecule has 1 fully saturated rings. The molecule has 1 aliphatic rings. The summed E-state index contributed by atoms with van der Waals surface area (Å²) in [5.74, 6) is -0.166. The molecule has 0 aliphatic carbocycles. The van der Waals surface area contributed by atoms with Crippen LogP contribution in [0.5, 0.6) is 0 Å². The monoisotopic (exact) mass is 269 g/mol. The summed E-state index contributed by atoms with van der Waals surface area (Å²) < 4.78 is 4.91. The highest BCUT2D eigenvalue weighted by atomic mass is 32.1. The summed E-state index contributed by atoms with van der Waals surface area (Å²) in [7, 11) is 3.34. The highest BCUT2D eigenvalue weighted by Crippen LogP contribution is 2.46. The molecule has 1 N–H and O–H groups in total. The second-order valence-corrected chi connectivity index (χ2v) is 5.96. The molecule has 2 rings (SSSR count). The van der Waals surface area contributed by atoms with E-state index in [-0.39, 0.29) is 24.5 Å². The van der Waals surface area contributed by atoms with Gasteiger partial charge in [0.1, 0.15) is 5.54 Å². The third-order valence-corrected chi connectivity index (χ3v) is 4.94. The number of hydrogen-bond acceptors (Lipinski definition) is 5. The molecule has 0 saturated carbocycles. The van der Waals surface area contributed by atoms with Crippen molar-refractivity contribution in [3.8, 4) is 0 Å². The average molecular weight is 269 g/mol. The van der Waals surface area contributed by atoms with E-state index in [0.29, 0.717) is 6.42 Å². The Labute approximate surface area is 111 Å². The molecular formula is C13H19NO3S. The Morgan fingerprint density at radius 2 is 2.44 bits per heavy atom. The van der Waals surface area contributed by atoms with Gasteiger partial charge >= 0.3 is 5.97 Å². The van der Waals surface area contributed by atoms with Gasteiger partial charge in [-0.25, -0.2) is 0 Å². The Morgan fingerprint density at radius 3 is 2.94 bits per heavy atom. The van der Waals surface area contributed by atoms with Crippen LogP contribution >= 0.6 is 11.3 Å². The number of carbonyl (C=O) groups excluding carboxylic acids is 1. The molecule has 18 heavy (non-hydrogen) atoms. The summed E-state index contributed by atoms with van der Waals surface area (Å²) in [4.78, 5) is 15.2. The average Bonchev–Trinajstić information content (AvgIpc) is 2.96. The fourth-order valence-electron chi connectivity index (χ4n) is 2.88. The molecule has 0 amide bonds. The van der Waals surface area contributed by atoms with Crippen molar-refractivity contribution in [3.63, 3.8) is 0 Å². The zero-order chi connectivity index (χ0) is 13.3. The number of aliphatic hydroxyl groups is 1. The number of thiophene rings is 1. The van der Waals surface area contributed by atoms with E-state index in [2.05, 4.69) is 6.07 Å². The maximum absolute atomic E-state index is 12.0. The normalized spacial score (nSPS) is 32.7. The number of ether oxygens (including phenoxy) is 1. The summed E-state index contributed by atoms with van der Waals surface area (Å²) in [6, 6.07) is 4.13. The first-order chi connectivity index (χ1) is 8.54. The lowest BCUT2D eigenvalue weighted by molar-refractivity contribution is -0.152. The number of nitrogens with zero attached hydrogens (tertiary/aromatic N) is 1. The van der Waals surface area contributed by atoms with Gasteiger partial charge in [-0.1, -0.05) is 6.07 Å². The SMILES string of the molecule is COC(=O)[C@]1(C)C[C@@H](CO)[C@@H](c2cccs2)N1C. The van der Waals surface area contributed by atoms with Crippen LogP contribution in [-0.2, 0) is 9.53 Å². The van der Waals surface area contributed by atoms with Crippen molar-refractivity contribution < 1.29 is 14.6 Å². The van der Waals surface area contributed by atoms with E-state index in [9.17, 15) is 9.90 Å². The molecule has 1 aliphatic heterocycles. The number of likely N-dealkylation sites (tertiary alicyclic amines) is 1. The van der Waals surface area contributed by atoms with Crippen molar-refractivity contribution in [3.05, 3.63) is 22.4 Å². The van der Waals surface area contributed by atoms with Crippen LogP contribution in [0.1, 0.15) is 24.3 Å². The second kappa shape index (κ2) is 4.99. The van der Waals surface area contributed by atoms with E-state index in [1.165, 1.54) is 12.0 Å². The van der Waals surface area contributed by atoms with Crippen LogP contribution in [-0.4, -0.2) is 42.3 Å². The maximum atomic E-state index is 12.0. The van der Waals surface area contributed by atoms with E-state index in [1.54, 1.807) is 11.3 Å². The van der Waals surface area contributed by atoms with E-state index in [0.717, 1.165) is 0 Å². The van der Waals surface area contributed by atoms with Crippen molar-refractivity contribution in [2.24, 2.45) is 5.92 Å². The molecular weight excluding hydrogens is 250 g/mol. The summed E-state index contributed by atoms with van der Waals surface area (Å²) in [6.45, 7) is 1.97. The van der Waals surface area contributed by atoms with Gasteiger partial charge in [-0.2, -0.15) is 0 Å². The highest BCUT2D eigenvalue weighted by Gasteiger charge is 2.52. The van der Waals surface area contributed by atoms with Crippen LogP contribution in [0, 0.1) is 5.92 Å². The molecule has 0 spiro atoms. The Kier molecular flexibility index (Phi) is 3.75. The quantitative estimate of drug-likeness (QED) is 0.848. The fraction of sp³-hybridized carbons (Fsp3) is 0.615. The molecule has 3 atom stereocenters. The Balaban J connectivity index is 2.34. The molecule has 1 saturated heterocycles. The Morgan fingerprint density at radius 1 is 1.72 bits per heavy atom. The van der Waals surface area contributed by atoms with Crippen molar-refractivity contribution in [1.82, 2.24) is 4.90 Å². The van der Waals surface area contributed by atoms with Crippen LogP contribution in [0.2, 0.25) is 0 Å². The van der Waals surface area contributed by atoms with Crippen LogP contribution in [0.15, 0.2) is 17.5 Å². The van der Waals surface area contributed by atoms with Crippen LogP contribution in [0.3, 0.4) is 0 Å². The summed E-state index contributed by atoms with van der Waals surface area (Å²) in [6.07, 6.45) is 0.620. The topological polar surface area (TPSA) is 49.8 Å². The number of carbonyl (C=O) groups is 1. The van der Waals surface area contributed by atoms with Gasteiger partial charge in [0, 0.05) is 23.4 Å². The second-order valence-electron chi connectivity index (χ2n) is 4.98. The third-order valence-electron chi connectivity index (χ3n) is 4.00. The molecule has 2 heterocycles. The smallest absolute Gasteiger partial charge is 0.326 e. The third kappa shape index (κ3) is 1.96. The predicted octanol–water partition coefficient (Wildman–Crippen LogP) is 1.66. The molecule has 0 bridgehead atoms. The first-order valence-electron chi connectivity index (χ1n) is 6.00. The highest BCUT2D eigenvalue weighted by molar-refractivity contribution is 7.10. The zero-order valence-electron chi connectivity index (χ0n) is 10.9. The minimum atomic E-state index is -0.656. The number of aliphatic hydroxyl groups excluding tert-OH is 1. The van der Waals surface area contributed by atoms with Gasteiger partial charge in [0.05, 0.1) is 7.11 Å². The van der Waals surface area contributed by atoms with E-state index < -0.39 is 5.54 Å². The van der Waals surface area contributed by atoms with Crippen molar-refractivity contribution in [2.75, 3.05) is 20.8 Å². The van der Waals surface area contributed by atoms with Gasteiger partial charge in [-0.3, -0.25) is 9.69 Å². The summed E-state index contributed by atoms with van der Waals surface area (Å²) >= 11 is 1.66. The lowest BCUT2D eigenvalue weighted by atomic mass is 9.93. The maximum Gasteiger partial charge on any atom is 0.326 e. The van der Waals surface area contributed by atoms with Gasteiger partial charge in [-0.05, 0) is 31.8 Å². The Hall–Kier alpha value is -0.910. The molecule has 1 aromatic rings. The number of methoxy groups -OCH3 is 1. The predicted molar refractivity (Wildman–Crippen MR) is 70.4 cm³/mol. The number of rotatable bonds is 3. The van der Waals surface area contributed by atoms with E-state index in [4.69, 9.17) is 4.74 Å². The van der Waals surface area contributed by atoms with Gasteiger partial charge < -0.3 is 9.84 Å². The van der Waals surface area contributed by atoms with E-state index in [1.807, 2.05) is 30.3 Å². The molecule has 0 radical (unpaired) electrons. The van der Waals surface area contributed by atoms with Gasteiger partial charge in [0.2, 0.25) is 0 Å². The van der Waals surface area contributed by atoms with Crippen LogP contribution < -0.4 is 0 Å².